The number of rotatable bonds is 3. The molecule has 0 N–H and O–H groups in total. The SMILES string of the molecule is O=C(Cc1ccc(Cl)cc1F)N1CCc2sc(-c3noc(C(F)(F)F)n3)cc2C1. The molecule has 0 radical (unpaired) electrons. The van der Waals surface area contributed by atoms with Crippen molar-refractivity contribution in [1.82, 2.24) is 15.0 Å². The summed E-state index contributed by atoms with van der Waals surface area (Å²) in [5.74, 6) is -2.33. The summed E-state index contributed by atoms with van der Waals surface area (Å²) < 4.78 is 56.1. The fraction of sp³-hybridized carbons (Fsp3) is 0.278. The van der Waals surface area contributed by atoms with Crippen molar-refractivity contribution in [3.05, 3.63) is 57.0 Å². The molecule has 1 aliphatic heterocycles. The maximum atomic E-state index is 13.9. The monoisotopic (exact) mass is 445 g/mol. The van der Waals surface area contributed by atoms with Gasteiger partial charge in [0.1, 0.15) is 5.82 Å². The third kappa shape index (κ3) is 4.13. The van der Waals surface area contributed by atoms with E-state index < -0.39 is 17.9 Å². The van der Waals surface area contributed by atoms with Crippen molar-refractivity contribution in [2.75, 3.05) is 6.54 Å². The molecular formula is C18H12ClF4N3O2S. The second-order valence-electron chi connectivity index (χ2n) is 6.46. The number of carbonyl (C=O) groups excluding carboxylic acids is 1. The molecule has 0 fully saturated rings. The Bertz CT molecular complexity index is 1080. The predicted molar refractivity (Wildman–Crippen MR) is 96.8 cm³/mol. The lowest BCUT2D eigenvalue weighted by Gasteiger charge is -2.27. The van der Waals surface area contributed by atoms with Gasteiger partial charge in [0.2, 0.25) is 11.7 Å². The highest BCUT2D eigenvalue weighted by Gasteiger charge is 2.38. The smallest absolute Gasteiger partial charge is 0.338 e. The number of alkyl halides is 3. The minimum Gasteiger partial charge on any atom is -0.338 e. The zero-order valence-electron chi connectivity index (χ0n) is 14.6. The van der Waals surface area contributed by atoms with Crippen molar-refractivity contribution in [3.63, 3.8) is 0 Å². The fourth-order valence-corrected chi connectivity index (χ4v) is 4.28. The van der Waals surface area contributed by atoms with E-state index in [1.807, 2.05) is 0 Å². The number of amides is 1. The molecule has 1 aliphatic rings. The van der Waals surface area contributed by atoms with Crippen LogP contribution in [0.3, 0.4) is 0 Å². The Kier molecular flexibility index (Phi) is 5.07. The third-order valence-electron chi connectivity index (χ3n) is 4.47. The largest absolute Gasteiger partial charge is 0.471 e. The van der Waals surface area contributed by atoms with Crippen LogP contribution in [0.5, 0.6) is 0 Å². The average Bonchev–Trinajstić information content (AvgIpc) is 3.29. The third-order valence-corrected chi connectivity index (χ3v) is 5.93. The number of nitrogens with zero attached hydrogens (tertiary/aromatic N) is 3. The number of thiophene rings is 1. The number of aromatic nitrogens is 2. The molecule has 0 unspecified atom stereocenters. The normalized spacial score (nSPS) is 14.2. The molecule has 0 atom stereocenters. The summed E-state index contributed by atoms with van der Waals surface area (Å²) in [6.45, 7) is 0.713. The van der Waals surface area contributed by atoms with Gasteiger partial charge in [0.05, 0.1) is 11.3 Å². The Labute approximate surface area is 170 Å². The Morgan fingerprint density at radius 3 is 2.79 bits per heavy atom. The molecule has 29 heavy (non-hydrogen) atoms. The quantitative estimate of drug-likeness (QED) is 0.546. The minimum atomic E-state index is -4.71. The van der Waals surface area contributed by atoms with Crippen molar-refractivity contribution in [3.8, 4) is 10.7 Å². The summed E-state index contributed by atoms with van der Waals surface area (Å²) in [4.78, 5) is 18.9. The number of fused-ring (bicyclic) bond motifs is 1. The van der Waals surface area contributed by atoms with Crippen LogP contribution in [0.4, 0.5) is 17.6 Å². The molecule has 0 saturated heterocycles. The van der Waals surface area contributed by atoms with Gasteiger partial charge in [-0.2, -0.15) is 18.2 Å². The number of hydrogen-bond acceptors (Lipinski definition) is 5. The Balaban J connectivity index is 1.49. The van der Waals surface area contributed by atoms with Crippen LogP contribution in [-0.2, 0) is 30.4 Å². The summed E-state index contributed by atoms with van der Waals surface area (Å²) in [6, 6.07) is 5.81. The Hall–Kier alpha value is -2.46. The number of carbonyl (C=O) groups is 1. The summed E-state index contributed by atoms with van der Waals surface area (Å²) in [5.41, 5.74) is 1.06. The second-order valence-corrected chi connectivity index (χ2v) is 8.03. The number of halogens is 5. The van der Waals surface area contributed by atoms with E-state index in [4.69, 9.17) is 11.6 Å². The summed E-state index contributed by atoms with van der Waals surface area (Å²) in [6.07, 6.45) is -4.27. The standard InChI is InChI=1S/C18H12ClF4N3O2S/c19-11-2-1-9(12(20)7-11)6-15(27)26-4-3-13-10(8-26)5-14(29-13)16-24-17(28-25-16)18(21,22)23/h1-2,5,7H,3-4,6,8H2. The lowest BCUT2D eigenvalue weighted by molar-refractivity contribution is -0.159. The van der Waals surface area contributed by atoms with Crippen molar-refractivity contribution in [2.24, 2.45) is 0 Å². The van der Waals surface area contributed by atoms with E-state index in [-0.39, 0.29) is 35.3 Å². The molecular weight excluding hydrogens is 434 g/mol. The molecule has 1 amide bonds. The first-order valence-corrected chi connectivity index (χ1v) is 9.64. The van der Waals surface area contributed by atoms with Gasteiger partial charge in [-0.15, -0.1) is 11.3 Å². The zero-order valence-corrected chi connectivity index (χ0v) is 16.2. The predicted octanol–water partition coefficient (Wildman–Crippen LogP) is 4.74. The van der Waals surface area contributed by atoms with Gasteiger partial charge < -0.3 is 9.42 Å². The van der Waals surface area contributed by atoms with Crippen LogP contribution in [-0.4, -0.2) is 27.5 Å². The van der Waals surface area contributed by atoms with Crippen LogP contribution in [0.25, 0.3) is 10.7 Å². The molecule has 5 nitrogen and oxygen atoms in total. The second kappa shape index (κ2) is 7.42. The van der Waals surface area contributed by atoms with E-state index in [1.54, 1.807) is 11.0 Å². The molecule has 0 bridgehead atoms. The van der Waals surface area contributed by atoms with E-state index in [1.165, 1.54) is 23.5 Å². The maximum absolute atomic E-state index is 13.9. The van der Waals surface area contributed by atoms with Crippen LogP contribution < -0.4 is 0 Å². The molecule has 1 aromatic carbocycles. The molecule has 11 heteroatoms. The summed E-state index contributed by atoms with van der Waals surface area (Å²) >= 11 is 6.99. The van der Waals surface area contributed by atoms with Gasteiger partial charge in [0.15, 0.2) is 0 Å². The lowest BCUT2D eigenvalue weighted by Crippen LogP contribution is -2.36. The molecule has 0 aliphatic carbocycles. The lowest BCUT2D eigenvalue weighted by atomic mass is 10.1. The van der Waals surface area contributed by atoms with Gasteiger partial charge in [-0.3, -0.25) is 4.79 Å². The molecule has 2 aromatic heterocycles. The van der Waals surface area contributed by atoms with Crippen LogP contribution in [0, 0.1) is 5.82 Å². The molecule has 0 spiro atoms. The van der Waals surface area contributed by atoms with E-state index in [9.17, 15) is 22.4 Å². The Morgan fingerprint density at radius 1 is 1.31 bits per heavy atom. The summed E-state index contributed by atoms with van der Waals surface area (Å²) in [7, 11) is 0. The van der Waals surface area contributed by atoms with Crippen LogP contribution in [0.2, 0.25) is 5.02 Å². The van der Waals surface area contributed by atoms with Crippen molar-refractivity contribution >= 4 is 28.8 Å². The Morgan fingerprint density at radius 2 is 2.10 bits per heavy atom. The first-order chi connectivity index (χ1) is 13.7. The topological polar surface area (TPSA) is 59.2 Å². The number of hydrogen-bond donors (Lipinski definition) is 0. The molecule has 152 valence electrons. The van der Waals surface area contributed by atoms with E-state index in [0.717, 1.165) is 16.5 Å². The van der Waals surface area contributed by atoms with Crippen LogP contribution in [0.15, 0.2) is 28.8 Å². The molecule has 0 saturated carbocycles. The van der Waals surface area contributed by atoms with E-state index in [0.29, 0.717) is 17.8 Å². The van der Waals surface area contributed by atoms with Crippen molar-refractivity contribution in [1.29, 1.82) is 0 Å². The molecule has 4 rings (SSSR count). The maximum Gasteiger partial charge on any atom is 0.471 e. The minimum absolute atomic E-state index is 0.102. The van der Waals surface area contributed by atoms with E-state index >= 15 is 0 Å². The highest BCUT2D eigenvalue weighted by atomic mass is 35.5. The van der Waals surface area contributed by atoms with Crippen molar-refractivity contribution < 1.29 is 26.9 Å². The van der Waals surface area contributed by atoms with Gasteiger partial charge in [-0.25, -0.2) is 4.39 Å². The average molecular weight is 446 g/mol. The molecule has 3 aromatic rings. The van der Waals surface area contributed by atoms with Crippen LogP contribution >= 0.6 is 22.9 Å². The van der Waals surface area contributed by atoms with Gasteiger partial charge in [-0.1, -0.05) is 22.8 Å². The zero-order chi connectivity index (χ0) is 20.8. The highest BCUT2D eigenvalue weighted by molar-refractivity contribution is 7.15. The van der Waals surface area contributed by atoms with Crippen LogP contribution in [0.1, 0.15) is 21.9 Å². The first-order valence-electron chi connectivity index (χ1n) is 8.45. The summed E-state index contributed by atoms with van der Waals surface area (Å²) in [5, 5.41) is 3.65. The number of benzene rings is 1. The van der Waals surface area contributed by atoms with Gasteiger partial charge in [0, 0.05) is 23.0 Å². The van der Waals surface area contributed by atoms with Gasteiger partial charge in [0.25, 0.3) is 0 Å². The fourth-order valence-electron chi connectivity index (χ4n) is 3.03. The van der Waals surface area contributed by atoms with E-state index in [2.05, 4.69) is 14.7 Å². The van der Waals surface area contributed by atoms with Gasteiger partial charge >= 0.3 is 12.1 Å². The molecule has 3 heterocycles. The van der Waals surface area contributed by atoms with Crippen molar-refractivity contribution in [2.45, 2.75) is 25.6 Å². The first kappa shape index (κ1) is 19.8. The highest BCUT2D eigenvalue weighted by Crippen LogP contribution is 2.35. The van der Waals surface area contributed by atoms with Gasteiger partial charge in [-0.05, 0) is 35.7 Å².